The standard InChI is InChI=1S/C23H46O5.3Ac/c1-3-4-5-6-7-8-9-10-11-12-13-14-15-16-17-27-23-19(2)21(25)22(26)20(18-24)28-23;;;/h19-26H,3-18H2,1-2H3;;;/t19?,20?,21?,22-,23+;;;/m0.../s1. The molecule has 0 aromatic carbocycles. The monoisotopic (exact) mass is 1080 g/mol. The van der Waals surface area contributed by atoms with E-state index in [4.69, 9.17) is 9.47 Å². The molecule has 0 amide bonds. The normalized spacial score (nSPS) is 25.3. The average Bonchev–Trinajstić information content (AvgIpc) is 2.70. The van der Waals surface area contributed by atoms with Crippen LogP contribution in [0.25, 0.3) is 0 Å². The first-order valence-electron chi connectivity index (χ1n) is 11.9. The smallest absolute Gasteiger partial charge is 0.163 e. The van der Waals surface area contributed by atoms with Crippen molar-refractivity contribution in [3.8, 4) is 0 Å². The van der Waals surface area contributed by atoms with Crippen molar-refractivity contribution in [2.45, 2.75) is 128 Å². The van der Waals surface area contributed by atoms with Gasteiger partial charge in [-0.15, -0.1) is 0 Å². The zero-order valence-corrected chi connectivity index (χ0v) is 34.3. The minimum atomic E-state index is -1.05. The third-order valence-corrected chi connectivity index (χ3v) is 5.97. The van der Waals surface area contributed by atoms with Crippen molar-refractivity contribution < 1.29 is 157 Å². The van der Waals surface area contributed by atoms with Crippen LogP contribution in [0.3, 0.4) is 0 Å². The molecule has 1 fully saturated rings. The Bertz CT molecular complexity index is 364. The average molecular weight is 1080 g/mol. The van der Waals surface area contributed by atoms with E-state index in [-0.39, 0.29) is 145 Å². The van der Waals surface area contributed by atoms with Crippen molar-refractivity contribution in [1.82, 2.24) is 0 Å². The molecule has 177 valence electrons. The first kappa shape index (κ1) is 39.6. The van der Waals surface area contributed by atoms with E-state index in [2.05, 4.69) is 6.92 Å². The largest absolute Gasteiger partial charge is 0.394 e. The Balaban J connectivity index is -0.00000261. The van der Waals surface area contributed by atoms with Crippen LogP contribution in [0.4, 0.5) is 0 Å². The molecule has 1 aliphatic rings. The molecule has 1 rings (SSSR count). The fourth-order valence-corrected chi connectivity index (χ4v) is 3.91. The summed E-state index contributed by atoms with van der Waals surface area (Å²) in [5.74, 6) is -0.301. The second-order valence-corrected chi connectivity index (χ2v) is 8.53. The molecule has 0 bridgehead atoms. The van der Waals surface area contributed by atoms with Crippen molar-refractivity contribution in [3.05, 3.63) is 0 Å². The fourth-order valence-electron chi connectivity index (χ4n) is 3.91. The molecule has 31 heavy (non-hydrogen) atoms. The summed E-state index contributed by atoms with van der Waals surface area (Å²) in [5, 5.41) is 29.1. The molecule has 0 spiro atoms. The van der Waals surface area contributed by atoms with Crippen LogP contribution in [-0.4, -0.2) is 53.1 Å². The maximum absolute atomic E-state index is 10.0. The van der Waals surface area contributed by atoms with E-state index in [1.807, 2.05) is 0 Å². The number of rotatable bonds is 17. The van der Waals surface area contributed by atoms with Crippen LogP contribution < -0.4 is 0 Å². The van der Waals surface area contributed by atoms with Gasteiger partial charge >= 0.3 is 0 Å². The summed E-state index contributed by atoms with van der Waals surface area (Å²) in [4.78, 5) is 0. The topological polar surface area (TPSA) is 79.2 Å². The zero-order valence-electron chi connectivity index (χ0n) is 20.1. The Labute approximate surface area is 299 Å². The van der Waals surface area contributed by atoms with Gasteiger partial charge in [-0.2, -0.15) is 0 Å². The van der Waals surface area contributed by atoms with E-state index in [1.165, 1.54) is 77.0 Å². The molecular weight excluding hydrogens is 1040 g/mol. The third-order valence-electron chi connectivity index (χ3n) is 5.97. The Hall–Kier alpha value is 4.12. The quantitative estimate of drug-likeness (QED) is 0.187. The molecule has 5 nitrogen and oxygen atoms in total. The number of hydrogen-bond acceptors (Lipinski definition) is 5. The zero-order chi connectivity index (χ0) is 20.6. The SMILES string of the molecule is CCCCCCCCCCCCCCCCO[C@@H]1OC(CO)[C@H](O)C(O)C1C.[Ac].[Ac].[Ac]. The molecule has 0 aromatic rings. The molecule has 0 aromatic heterocycles. The number of aliphatic hydroxyl groups is 3. The van der Waals surface area contributed by atoms with Gasteiger partial charge in [0.1, 0.15) is 12.2 Å². The van der Waals surface area contributed by atoms with Crippen LogP contribution in [0, 0.1) is 138 Å². The van der Waals surface area contributed by atoms with Gasteiger partial charge in [-0.25, -0.2) is 0 Å². The Kier molecular flexibility index (Phi) is 34.7. The molecule has 0 saturated carbocycles. The summed E-state index contributed by atoms with van der Waals surface area (Å²) >= 11 is 0. The van der Waals surface area contributed by atoms with E-state index in [1.54, 1.807) is 6.92 Å². The maximum atomic E-state index is 10.0. The van der Waals surface area contributed by atoms with E-state index in [9.17, 15) is 15.3 Å². The maximum Gasteiger partial charge on any atom is 0.163 e. The van der Waals surface area contributed by atoms with E-state index >= 15 is 0 Å². The summed E-state index contributed by atoms with van der Waals surface area (Å²) in [7, 11) is 0. The first-order chi connectivity index (χ1) is 13.6. The van der Waals surface area contributed by atoms with Gasteiger partial charge in [0.2, 0.25) is 0 Å². The third kappa shape index (κ3) is 18.9. The van der Waals surface area contributed by atoms with Gasteiger partial charge < -0.3 is 24.8 Å². The van der Waals surface area contributed by atoms with Crippen LogP contribution in [0.15, 0.2) is 0 Å². The molecule has 5 atom stereocenters. The summed E-state index contributed by atoms with van der Waals surface area (Å²) in [5.41, 5.74) is 0. The van der Waals surface area contributed by atoms with Gasteiger partial charge in [0.05, 0.1) is 12.7 Å². The van der Waals surface area contributed by atoms with E-state index in [0.717, 1.165) is 12.8 Å². The second kappa shape index (κ2) is 27.2. The van der Waals surface area contributed by atoms with Crippen molar-refractivity contribution in [1.29, 1.82) is 0 Å². The molecule has 3 unspecified atom stereocenters. The van der Waals surface area contributed by atoms with Crippen molar-refractivity contribution in [2.75, 3.05) is 13.2 Å². The van der Waals surface area contributed by atoms with Crippen molar-refractivity contribution >= 4 is 0 Å². The minimum absolute atomic E-state index is 0. The van der Waals surface area contributed by atoms with Crippen LogP contribution in [-0.2, 0) is 9.47 Å². The molecule has 0 aliphatic carbocycles. The summed E-state index contributed by atoms with van der Waals surface area (Å²) < 4.78 is 11.3. The van der Waals surface area contributed by atoms with E-state index in [0.29, 0.717) is 6.61 Å². The van der Waals surface area contributed by atoms with Gasteiger partial charge in [0.15, 0.2) is 6.29 Å². The molecule has 1 heterocycles. The van der Waals surface area contributed by atoms with Gasteiger partial charge in [0.25, 0.3) is 0 Å². The number of aliphatic hydroxyl groups excluding tert-OH is 3. The second-order valence-electron chi connectivity index (χ2n) is 8.53. The van der Waals surface area contributed by atoms with Crippen LogP contribution in [0.2, 0.25) is 0 Å². The predicted octanol–water partition coefficient (Wildman–Crippen LogP) is 4.56. The van der Waals surface area contributed by atoms with Gasteiger partial charge in [-0.3, -0.25) is 0 Å². The summed E-state index contributed by atoms with van der Waals surface area (Å²) in [6.45, 7) is 4.35. The van der Waals surface area contributed by atoms with Gasteiger partial charge in [-0.1, -0.05) is 97.3 Å². The number of hydrogen-bond donors (Lipinski definition) is 3. The summed E-state index contributed by atoms with van der Waals surface area (Å²) in [6, 6.07) is 0. The summed E-state index contributed by atoms with van der Waals surface area (Å²) in [6.07, 6.45) is 15.2. The molecule has 3 N–H and O–H groups in total. The number of unbranched alkanes of at least 4 members (excludes halogenated alkanes) is 13. The van der Waals surface area contributed by atoms with Crippen molar-refractivity contribution in [3.63, 3.8) is 0 Å². The first-order valence-corrected chi connectivity index (χ1v) is 11.9. The molecular formula is C23H46Ac3O5. The van der Waals surface area contributed by atoms with Gasteiger partial charge in [-0.05, 0) is 6.42 Å². The Morgan fingerprint density at radius 2 is 1.10 bits per heavy atom. The Morgan fingerprint density at radius 3 is 1.52 bits per heavy atom. The molecule has 1 aliphatic heterocycles. The minimum Gasteiger partial charge on any atom is -0.394 e. The molecule has 8 heteroatoms. The van der Waals surface area contributed by atoms with Crippen LogP contribution in [0.1, 0.15) is 104 Å². The van der Waals surface area contributed by atoms with Crippen LogP contribution >= 0.6 is 0 Å². The van der Waals surface area contributed by atoms with E-state index < -0.39 is 24.6 Å². The molecule has 3 radical (unpaired) electrons. The Morgan fingerprint density at radius 1 is 0.677 bits per heavy atom. The van der Waals surface area contributed by atoms with Crippen molar-refractivity contribution in [2.24, 2.45) is 5.92 Å². The fraction of sp³-hybridized carbons (Fsp3) is 1.00. The van der Waals surface area contributed by atoms with Crippen LogP contribution in [0.5, 0.6) is 0 Å². The molecule has 1 saturated heterocycles. The number of ether oxygens (including phenoxy) is 2. The van der Waals surface area contributed by atoms with Gasteiger partial charge in [0, 0.05) is 145 Å². The predicted molar refractivity (Wildman–Crippen MR) is 113 cm³/mol.